The second-order valence-electron chi connectivity index (χ2n) is 4.66. The summed E-state index contributed by atoms with van der Waals surface area (Å²) in [7, 11) is 0. The van der Waals surface area contributed by atoms with Gasteiger partial charge < -0.3 is 9.47 Å². The zero-order chi connectivity index (χ0) is 17.1. The SMILES string of the molecule is CC(=O)CC(=O)COC(=O)CCC(=O)OCC(=O)CC(C)=O. The number of carbonyl (C=O) groups is 6. The number of hydrogen-bond acceptors (Lipinski definition) is 8. The van der Waals surface area contributed by atoms with E-state index in [1.807, 2.05) is 0 Å². The van der Waals surface area contributed by atoms with Gasteiger partial charge in [-0.25, -0.2) is 0 Å². The van der Waals surface area contributed by atoms with Crippen LogP contribution in [0.25, 0.3) is 0 Å². The van der Waals surface area contributed by atoms with Gasteiger partial charge in [-0.1, -0.05) is 0 Å². The van der Waals surface area contributed by atoms with Crippen LogP contribution in [0.1, 0.15) is 39.5 Å². The lowest BCUT2D eigenvalue weighted by atomic mass is 10.2. The van der Waals surface area contributed by atoms with Gasteiger partial charge in [-0.05, 0) is 13.8 Å². The smallest absolute Gasteiger partial charge is 0.306 e. The minimum atomic E-state index is -0.788. The molecule has 0 rings (SSSR count). The molecule has 0 aromatic carbocycles. The summed E-state index contributed by atoms with van der Waals surface area (Å²) in [4.78, 5) is 66.0. The van der Waals surface area contributed by atoms with Crippen LogP contribution in [0.5, 0.6) is 0 Å². The van der Waals surface area contributed by atoms with Crippen LogP contribution in [0.15, 0.2) is 0 Å². The number of hydrogen-bond donors (Lipinski definition) is 0. The highest BCUT2D eigenvalue weighted by molar-refractivity contribution is 5.99. The van der Waals surface area contributed by atoms with Gasteiger partial charge in [0, 0.05) is 0 Å². The van der Waals surface area contributed by atoms with Gasteiger partial charge in [0.1, 0.15) is 24.8 Å². The topological polar surface area (TPSA) is 121 Å². The average molecular weight is 314 g/mol. The van der Waals surface area contributed by atoms with E-state index in [1.54, 1.807) is 0 Å². The fourth-order valence-electron chi connectivity index (χ4n) is 1.33. The minimum Gasteiger partial charge on any atom is -0.458 e. The summed E-state index contributed by atoms with van der Waals surface area (Å²) in [6, 6.07) is 0. The highest BCUT2D eigenvalue weighted by atomic mass is 16.5. The van der Waals surface area contributed by atoms with E-state index in [-0.39, 0.29) is 37.2 Å². The van der Waals surface area contributed by atoms with E-state index in [2.05, 4.69) is 9.47 Å². The number of ether oxygens (including phenoxy) is 2. The van der Waals surface area contributed by atoms with E-state index < -0.39 is 36.7 Å². The highest BCUT2D eigenvalue weighted by Gasteiger charge is 2.14. The lowest BCUT2D eigenvalue weighted by Crippen LogP contribution is -2.18. The zero-order valence-electron chi connectivity index (χ0n) is 12.5. The van der Waals surface area contributed by atoms with Crippen molar-refractivity contribution in [2.24, 2.45) is 0 Å². The molecule has 22 heavy (non-hydrogen) atoms. The third-order valence-corrected chi connectivity index (χ3v) is 2.21. The monoisotopic (exact) mass is 314 g/mol. The van der Waals surface area contributed by atoms with Crippen molar-refractivity contribution >= 4 is 35.1 Å². The van der Waals surface area contributed by atoms with Gasteiger partial charge in [0.25, 0.3) is 0 Å². The fraction of sp³-hybridized carbons (Fsp3) is 0.571. The number of esters is 2. The second kappa shape index (κ2) is 10.4. The molecule has 0 atom stereocenters. The molecular formula is C14H18O8. The molecule has 0 aromatic rings. The third-order valence-electron chi connectivity index (χ3n) is 2.21. The normalized spacial score (nSPS) is 9.73. The number of rotatable bonds is 11. The van der Waals surface area contributed by atoms with Crippen LogP contribution < -0.4 is 0 Å². The lowest BCUT2D eigenvalue weighted by Gasteiger charge is -2.04. The van der Waals surface area contributed by atoms with Gasteiger partial charge in [0.05, 0.1) is 25.7 Å². The van der Waals surface area contributed by atoms with E-state index in [0.29, 0.717) is 0 Å². The van der Waals surface area contributed by atoms with Gasteiger partial charge in [-0.15, -0.1) is 0 Å². The predicted molar refractivity (Wildman–Crippen MR) is 71.8 cm³/mol. The predicted octanol–water partition coefficient (Wildman–Crippen LogP) is -0.0506. The Balaban J connectivity index is 3.83. The molecule has 0 aliphatic heterocycles. The Morgan fingerprint density at radius 1 is 0.636 bits per heavy atom. The average Bonchev–Trinajstić information content (AvgIpc) is 2.39. The van der Waals surface area contributed by atoms with Gasteiger partial charge >= 0.3 is 11.9 Å². The maximum Gasteiger partial charge on any atom is 0.306 e. The lowest BCUT2D eigenvalue weighted by molar-refractivity contribution is -0.153. The molecule has 0 saturated heterocycles. The molecule has 0 aliphatic rings. The quantitative estimate of drug-likeness (QED) is 0.384. The molecule has 0 N–H and O–H groups in total. The van der Waals surface area contributed by atoms with Gasteiger partial charge in [0.15, 0.2) is 11.6 Å². The molecule has 8 nitrogen and oxygen atoms in total. The van der Waals surface area contributed by atoms with Crippen molar-refractivity contribution in [1.29, 1.82) is 0 Å². The summed E-state index contributed by atoms with van der Waals surface area (Å²) in [5.41, 5.74) is 0. The van der Waals surface area contributed by atoms with Crippen molar-refractivity contribution in [2.75, 3.05) is 13.2 Å². The van der Waals surface area contributed by atoms with Gasteiger partial charge in [-0.2, -0.15) is 0 Å². The van der Waals surface area contributed by atoms with Crippen LogP contribution in [0.2, 0.25) is 0 Å². The molecule has 0 saturated carbocycles. The van der Waals surface area contributed by atoms with E-state index in [9.17, 15) is 28.8 Å². The molecule has 0 aromatic heterocycles. The van der Waals surface area contributed by atoms with Crippen molar-refractivity contribution in [3.05, 3.63) is 0 Å². The first kappa shape index (κ1) is 19.6. The first-order valence-corrected chi connectivity index (χ1v) is 6.54. The van der Waals surface area contributed by atoms with Crippen LogP contribution in [-0.2, 0) is 38.2 Å². The van der Waals surface area contributed by atoms with E-state index in [0.717, 1.165) is 0 Å². The Morgan fingerprint density at radius 3 is 1.23 bits per heavy atom. The van der Waals surface area contributed by atoms with Crippen LogP contribution in [0, 0.1) is 0 Å². The Kier molecular flexibility index (Phi) is 9.24. The maximum absolute atomic E-state index is 11.2. The first-order chi connectivity index (χ1) is 10.2. The van der Waals surface area contributed by atoms with E-state index >= 15 is 0 Å². The molecule has 0 amide bonds. The zero-order valence-corrected chi connectivity index (χ0v) is 12.5. The summed E-state index contributed by atoms with van der Waals surface area (Å²) in [5, 5.41) is 0. The molecule has 8 heteroatoms. The van der Waals surface area contributed by atoms with Crippen LogP contribution in [-0.4, -0.2) is 48.3 Å². The maximum atomic E-state index is 11.2. The molecular weight excluding hydrogens is 296 g/mol. The summed E-state index contributed by atoms with van der Waals surface area (Å²) >= 11 is 0. The molecule has 0 radical (unpaired) electrons. The second-order valence-corrected chi connectivity index (χ2v) is 4.66. The molecule has 0 unspecified atom stereocenters. The fourth-order valence-corrected chi connectivity index (χ4v) is 1.33. The van der Waals surface area contributed by atoms with Crippen LogP contribution >= 0.6 is 0 Å². The Bertz CT molecular complexity index is 433. The number of Topliss-reactive ketones (excluding diaryl/α,β-unsaturated/α-hetero) is 4. The van der Waals surface area contributed by atoms with E-state index in [1.165, 1.54) is 13.8 Å². The Morgan fingerprint density at radius 2 is 0.955 bits per heavy atom. The largest absolute Gasteiger partial charge is 0.458 e. The van der Waals surface area contributed by atoms with Crippen molar-refractivity contribution in [2.45, 2.75) is 39.5 Å². The summed E-state index contributed by atoms with van der Waals surface area (Å²) in [6.45, 7) is 1.43. The van der Waals surface area contributed by atoms with E-state index in [4.69, 9.17) is 0 Å². The van der Waals surface area contributed by atoms with Crippen molar-refractivity contribution in [1.82, 2.24) is 0 Å². The summed E-state index contributed by atoms with van der Waals surface area (Å²) in [6.07, 6.45) is -1.25. The molecule has 0 bridgehead atoms. The van der Waals surface area contributed by atoms with Crippen LogP contribution in [0.4, 0.5) is 0 Å². The van der Waals surface area contributed by atoms with Crippen molar-refractivity contribution < 1.29 is 38.2 Å². The van der Waals surface area contributed by atoms with Crippen molar-refractivity contribution in [3.63, 3.8) is 0 Å². The number of ketones is 4. The first-order valence-electron chi connectivity index (χ1n) is 6.54. The van der Waals surface area contributed by atoms with Crippen molar-refractivity contribution in [3.8, 4) is 0 Å². The Hall–Kier alpha value is -2.38. The van der Waals surface area contributed by atoms with Crippen LogP contribution in [0.3, 0.4) is 0 Å². The summed E-state index contributed by atoms with van der Waals surface area (Å²) in [5.74, 6) is -3.30. The molecule has 0 heterocycles. The van der Waals surface area contributed by atoms with Gasteiger partial charge in [-0.3, -0.25) is 28.8 Å². The Labute approximate surface area is 127 Å². The molecule has 0 fully saturated rings. The standard InChI is InChI=1S/C14H18O8/c1-9(15)5-11(17)7-21-13(19)3-4-14(20)22-8-12(18)6-10(2)16/h3-8H2,1-2H3. The molecule has 122 valence electrons. The third kappa shape index (κ3) is 11.4. The molecule has 0 spiro atoms. The molecule has 0 aliphatic carbocycles. The minimum absolute atomic E-state index is 0.312. The van der Waals surface area contributed by atoms with Gasteiger partial charge in [0.2, 0.25) is 0 Å². The highest BCUT2D eigenvalue weighted by Crippen LogP contribution is 1.98. The summed E-state index contributed by atoms with van der Waals surface area (Å²) < 4.78 is 9.15. The number of carbonyl (C=O) groups excluding carboxylic acids is 6.